The average Bonchev–Trinajstić information content (AvgIpc) is 2.40. The van der Waals surface area contributed by atoms with E-state index in [2.05, 4.69) is 0 Å². The van der Waals surface area contributed by atoms with E-state index in [-0.39, 0.29) is 18.0 Å². The molecule has 2 unspecified atom stereocenters. The maximum atomic E-state index is 13.8. The van der Waals surface area contributed by atoms with Gasteiger partial charge in [-0.25, -0.2) is 4.39 Å². The fourth-order valence-corrected chi connectivity index (χ4v) is 2.55. The van der Waals surface area contributed by atoms with Crippen LogP contribution in [0.3, 0.4) is 0 Å². The summed E-state index contributed by atoms with van der Waals surface area (Å²) in [6.07, 6.45) is 0.281. The minimum atomic E-state index is -0.314. The summed E-state index contributed by atoms with van der Waals surface area (Å²) in [6.45, 7) is 2.02. The second-order valence-corrected chi connectivity index (χ2v) is 5.01. The summed E-state index contributed by atoms with van der Waals surface area (Å²) in [5, 5.41) is 0. The first-order valence-electron chi connectivity index (χ1n) is 6.42. The van der Waals surface area contributed by atoms with Crippen molar-refractivity contribution in [1.29, 1.82) is 0 Å². The van der Waals surface area contributed by atoms with Crippen LogP contribution in [-0.2, 0) is 0 Å². The van der Waals surface area contributed by atoms with Gasteiger partial charge in [0.25, 0.3) is 0 Å². The Balaban J connectivity index is 1.97. The summed E-state index contributed by atoms with van der Waals surface area (Å²) in [5.74, 6) is 0.521. The molecule has 0 aromatic heterocycles. The van der Waals surface area contributed by atoms with E-state index in [1.807, 2.05) is 31.2 Å². The van der Waals surface area contributed by atoms with E-state index in [0.29, 0.717) is 12.0 Å². The molecule has 19 heavy (non-hydrogen) atoms. The molecule has 0 bridgehead atoms. The molecule has 0 fully saturated rings. The highest BCUT2D eigenvalue weighted by Crippen LogP contribution is 2.40. The SMILES string of the molecule is Cc1ccc2c(c1)C(N)CC(c1ccccc1F)O2. The van der Waals surface area contributed by atoms with Gasteiger partial charge in [-0.05, 0) is 19.1 Å². The van der Waals surface area contributed by atoms with E-state index in [1.165, 1.54) is 6.07 Å². The van der Waals surface area contributed by atoms with Gasteiger partial charge in [0.1, 0.15) is 17.7 Å². The molecular formula is C16H16FNO. The number of fused-ring (bicyclic) bond motifs is 1. The Kier molecular flexibility index (Phi) is 2.99. The maximum absolute atomic E-state index is 13.8. The van der Waals surface area contributed by atoms with Crippen molar-refractivity contribution in [2.75, 3.05) is 0 Å². The number of hydrogen-bond acceptors (Lipinski definition) is 2. The van der Waals surface area contributed by atoms with Gasteiger partial charge in [-0.3, -0.25) is 0 Å². The van der Waals surface area contributed by atoms with Crippen molar-refractivity contribution in [3.63, 3.8) is 0 Å². The zero-order valence-electron chi connectivity index (χ0n) is 10.8. The van der Waals surface area contributed by atoms with Crippen molar-refractivity contribution in [3.8, 4) is 5.75 Å². The van der Waals surface area contributed by atoms with Crippen LogP contribution in [-0.4, -0.2) is 0 Å². The topological polar surface area (TPSA) is 35.2 Å². The van der Waals surface area contributed by atoms with Gasteiger partial charge in [-0.2, -0.15) is 0 Å². The smallest absolute Gasteiger partial charge is 0.130 e. The van der Waals surface area contributed by atoms with Crippen LogP contribution in [0.5, 0.6) is 5.75 Å². The molecule has 0 amide bonds. The zero-order valence-corrected chi connectivity index (χ0v) is 10.8. The summed E-state index contributed by atoms with van der Waals surface area (Å²) in [7, 11) is 0. The standard InChI is InChI=1S/C16H16FNO/c1-10-6-7-15-12(8-10)14(18)9-16(19-15)11-4-2-3-5-13(11)17/h2-8,14,16H,9,18H2,1H3. The molecule has 2 nitrogen and oxygen atoms in total. The van der Waals surface area contributed by atoms with Crippen molar-refractivity contribution in [2.45, 2.75) is 25.5 Å². The summed E-state index contributed by atoms with van der Waals surface area (Å²) >= 11 is 0. The van der Waals surface area contributed by atoms with Crippen LogP contribution in [0.4, 0.5) is 4.39 Å². The van der Waals surface area contributed by atoms with Crippen LogP contribution >= 0.6 is 0 Å². The zero-order chi connectivity index (χ0) is 13.4. The van der Waals surface area contributed by atoms with Crippen LogP contribution in [0, 0.1) is 12.7 Å². The molecule has 1 aliphatic rings. The molecule has 3 rings (SSSR count). The number of hydrogen-bond donors (Lipinski definition) is 1. The Hall–Kier alpha value is -1.87. The fraction of sp³-hybridized carbons (Fsp3) is 0.250. The van der Waals surface area contributed by atoms with Gasteiger partial charge in [0, 0.05) is 23.6 Å². The fourth-order valence-electron chi connectivity index (χ4n) is 2.55. The Bertz CT molecular complexity index is 611. The lowest BCUT2D eigenvalue weighted by Gasteiger charge is -2.31. The Morgan fingerprint density at radius 3 is 2.74 bits per heavy atom. The first-order chi connectivity index (χ1) is 9.15. The molecular weight excluding hydrogens is 241 g/mol. The number of nitrogens with two attached hydrogens (primary N) is 1. The van der Waals surface area contributed by atoms with Gasteiger partial charge >= 0.3 is 0 Å². The largest absolute Gasteiger partial charge is 0.485 e. The monoisotopic (exact) mass is 257 g/mol. The van der Waals surface area contributed by atoms with Crippen molar-refractivity contribution < 1.29 is 9.13 Å². The minimum Gasteiger partial charge on any atom is -0.485 e. The van der Waals surface area contributed by atoms with Gasteiger partial charge in [0.05, 0.1) is 0 Å². The second kappa shape index (κ2) is 4.67. The molecule has 2 aromatic rings. The average molecular weight is 257 g/mol. The normalized spacial score (nSPS) is 21.6. The Morgan fingerprint density at radius 2 is 1.95 bits per heavy atom. The van der Waals surface area contributed by atoms with Gasteiger partial charge in [0.15, 0.2) is 0 Å². The molecule has 0 saturated carbocycles. The third-order valence-electron chi connectivity index (χ3n) is 3.55. The molecule has 0 radical (unpaired) electrons. The van der Waals surface area contributed by atoms with Crippen LogP contribution in [0.2, 0.25) is 0 Å². The van der Waals surface area contributed by atoms with Crippen LogP contribution < -0.4 is 10.5 Å². The second-order valence-electron chi connectivity index (χ2n) is 5.01. The number of halogens is 1. The van der Waals surface area contributed by atoms with Gasteiger partial charge in [-0.15, -0.1) is 0 Å². The van der Waals surface area contributed by atoms with Crippen molar-refractivity contribution in [3.05, 3.63) is 65.0 Å². The predicted molar refractivity (Wildman–Crippen MR) is 72.5 cm³/mol. The lowest BCUT2D eigenvalue weighted by Crippen LogP contribution is -2.24. The van der Waals surface area contributed by atoms with Crippen molar-refractivity contribution in [1.82, 2.24) is 0 Å². The predicted octanol–water partition coefficient (Wildman–Crippen LogP) is 3.66. The van der Waals surface area contributed by atoms with Crippen LogP contribution in [0.25, 0.3) is 0 Å². The highest BCUT2D eigenvalue weighted by molar-refractivity contribution is 5.41. The molecule has 98 valence electrons. The van der Waals surface area contributed by atoms with E-state index in [4.69, 9.17) is 10.5 Å². The molecule has 1 heterocycles. The molecule has 3 heteroatoms. The van der Waals surface area contributed by atoms with Gasteiger partial charge < -0.3 is 10.5 Å². The molecule has 2 atom stereocenters. The first kappa shape index (κ1) is 12.2. The van der Waals surface area contributed by atoms with E-state index in [1.54, 1.807) is 12.1 Å². The lowest BCUT2D eigenvalue weighted by atomic mass is 9.92. The summed E-state index contributed by atoms with van der Waals surface area (Å²) in [5.41, 5.74) is 8.93. The van der Waals surface area contributed by atoms with Crippen LogP contribution in [0.15, 0.2) is 42.5 Å². The summed E-state index contributed by atoms with van der Waals surface area (Å²) in [6, 6.07) is 12.5. The third-order valence-corrected chi connectivity index (χ3v) is 3.55. The van der Waals surface area contributed by atoms with E-state index in [0.717, 1.165) is 16.9 Å². The van der Waals surface area contributed by atoms with Gasteiger partial charge in [0.2, 0.25) is 0 Å². The molecule has 0 aliphatic carbocycles. The molecule has 2 aromatic carbocycles. The van der Waals surface area contributed by atoms with Crippen molar-refractivity contribution >= 4 is 0 Å². The molecule has 0 spiro atoms. The third kappa shape index (κ3) is 2.22. The van der Waals surface area contributed by atoms with E-state index >= 15 is 0 Å². The van der Waals surface area contributed by atoms with Gasteiger partial charge in [-0.1, -0.05) is 35.9 Å². The number of rotatable bonds is 1. The molecule has 0 saturated heterocycles. The Morgan fingerprint density at radius 1 is 1.16 bits per heavy atom. The summed E-state index contributed by atoms with van der Waals surface area (Å²) in [4.78, 5) is 0. The van der Waals surface area contributed by atoms with E-state index < -0.39 is 0 Å². The lowest BCUT2D eigenvalue weighted by molar-refractivity contribution is 0.157. The van der Waals surface area contributed by atoms with Crippen LogP contribution in [0.1, 0.15) is 35.3 Å². The Labute approximate surface area is 112 Å². The quantitative estimate of drug-likeness (QED) is 0.846. The van der Waals surface area contributed by atoms with Crippen molar-refractivity contribution in [2.24, 2.45) is 5.73 Å². The van der Waals surface area contributed by atoms with E-state index in [9.17, 15) is 4.39 Å². The molecule has 1 aliphatic heterocycles. The number of ether oxygens (including phenoxy) is 1. The highest BCUT2D eigenvalue weighted by Gasteiger charge is 2.28. The first-order valence-corrected chi connectivity index (χ1v) is 6.42. The number of aryl methyl sites for hydroxylation is 1. The number of benzene rings is 2. The summed E-state index contributed by atoms with van der Waals surface area (Å²) < 4.78 is 19.7. The maximum Gasteiger partial charge on any atom is 0.130 e. The molecule has 2 N–H and O–H groups in total. The highest BCUT2D eigenvalue weighted by atomic mass is 19.1. The minimum absolute atomic E-state index is 0.117.